The van der Waals surface area contributed by atoms with Crippen LogP contribution in [0.2, 0.25) is 0 Å². The van der Waals surface area contributed by atoms with Crippen LogP contribution in [0.4, 0.5) is 17.1 Å². The molecule has 8 heteroatoms. The number of nitrogens with zero attached hydrogens (tertiary/aromatic N) is 3. The van der Waals surface area contributed by atoms with Crippen molar-refractivity contribution in [2.45, 2.75) is 25.9 Å². The number of nitro benzene ring substituents is 1. The van der Waals surface area contributed by atoms with Gasteiger partial charge in [0.2, 0.25) is 0 Å². The molecule has 1 atom stereocenters. The van der Waals surface area contributed by atoms with Gasteiger partial charge in [-0.1, -0.05) is 13.3 Å². The largest absolute Gasteiger partial charge is 0.393 e. The Morgan fingerprint density at radius 2 is 2.08 bits per heavy atom. The molecule has 25 heavy (non-hydrogen) atoms. The zero-order valence-electron chi connectivity index (χ0n) is 14.8. The first-order valence-corrected chi connectivity index (χ1v) is 8.78. The second-order valence-electron chi connectivity index (χ2n) is 6.37. The Labute approximate surface area is 148 Å². The third kappa shape index (κ3) is 5.84. The lowest BCUT2D eigenvalue weighted by Gasteiger charge is -2.36. The number of nitrogens with two attached hydrogens (primary N) is 1. The molecule has 1 saturated heterocycles. The molecule has 3 N–H and O–H groups in total. The van der Waals surface area contributed by atoms with Gasteiger partial charge in [-0.05, 0) is 18.6 Å². The molecule has 1 aliphatic heterocycles. The molecule has 1 heterocycles. The number of piperazine rings is 1. The number of anilines is 2. The molecule has 1 fully saturated rings. The second kappa shape index (κ2) is 9.55. The number of aliphatic hydroxyl groups excluding tert-OH is 1. The van der Waals surface area contributed by atoms with Crippen LogP contribution in [0.5, 0.6) is 0 Å². The number of hydrogen-bond acceptors (Lipinski definition) is 7. The van der Waals surface area contributed by atoms with Crippen molar-refractivity contribution >= 4 is 17.1 Å². The maximum Gasteiger partial charge on any atom is 0.292 e. The van der Waals surface area contributed by atoms with Crippen LogP contribution in [-0.2, 0) is 4.74 Å². The van der Waals surface area contributed by atoms with Crippen LogP contribution in [0.3, 0.4) is 0 Å². The van der Waals surface area contributed by atoms with E-state index in [1.54, 1.807) is 12.1 Å². The van der Waals surface area contributed by atoms with Crippen molar-refractivity contribution in [2.24, 2.45) is 0 Å². The Balaban J connectivity index is 1.77. The zero-order chi connectivity index (χ0) is 18.2. The van der Waals surface area contributed by atoms with E-state index in [1.165, 1.54) is 6.07 Å². The van der Waals surface area contributed by atoms with Crippen molar-refractivity contribution in [2.75, 3.05) is 56.6 Å². The summed E-state index contributed by atoms with van der Waals surface area (Å²) in [6.07, 6.45) is 1.63. The molecule has 0 aliphatic carbocycles. The molecular weight excluding hydrogens is 324 g/mol. The second-order valence-corrected chi connectivity index (χ2v) is 6.37. The lowest BCUT2D eigenvalue weighted by molar-refractivity contribution is -0.383. The van der Waals surface area contributed by atoms with E-state index in [1.807, 2.05) is 0 Å². The summed E-state index contributed by atoms with van der Waals surface area (Å²) in [6, 6.07) is 4.85. The minimum absolute atomic E-state index is 0.0615. The highest BCUT2D eigenvalue weighted by molar-refractivity contribution is 5.66. The molecule has 140 valence electrons. The number of benzene rings is 1. The molecule has 0 amide bonds. The number of hydrogen-bond donors (Lipinski definition) is 2. The van der Waals surface area contributed by atoms with Crippen LogP contribution in [-0.4, -0.2) is 67.0 Å². The summed E-state index contributed by atoms with van der Waals surface area (Å²) in [5.74, 6) is 0. The Kier molecular flexibility index (Phi) is 7.42. The summed E-state index contributed by atoms with van der Waals surface area (Å²) in [4.78, 5) is 14.7. The normalized spacial score (nSPS) is 16.8. The molecule has 1 aliphatic rings. The molecule has 0 spiro atoms. The van der Waals surface area contributed by atoms with Gasteiger partial charge in [-0.3, -0.25) is 15.0 Å². The summed E-state index contributed by atoms with van der Waals surface area (Å²) >= 11 is 0. The molecule has 8 nitrogen and oxygen atoms in total. The highest BCUT2D eigenvalue weighted by atomic mass is 16.6. The number of nitro groups is 1. The average molecular weight is 352 g/mol. The number of β-amino-alcohol motifs (C(OH)–C–C–N with tert-alkyl or cyclic N) is 1. The van der Waals surface area contributed by atoms with Crippen LogP contribution in [0.15, 0.2) is 18.2 Å². The van der Waals surface area contributed by atoms with Gasteiger partial charge in [0.15, 0.2) is 0 Å². The van der Waals surface area contributed by atoms with Crippen LogP contribution >= 0.6 is 0 Å². The van der Waals surface area contributed by atoms with Crippen LogP contribution in [0, 0.1) is 10.1 Å². The molecule has 0 unspecified atom stereocenters. The van der Waals surface area contributed by atoms with Gasteiger partial charge in [0.25, 0.3) is 5.69 Å². The SMILES string of the molecule is CCCCOC[C@H](O)CN1CCN(c2ccc([N+](=O)[O-])c(N)c2)CC1. The van der Waals surface area contributed by atoms with Crippen molar-refractivity contribution in [3.05, 3.63) is 28.3 Å². The summed E-state index contributed by atoms with van der Waals surface area (Å²) in [5.41, 5.74) is 6.78. The van der Waals surface area contributed by atoms with Gasteiger partial charge in [0, 0.05) is 51.1 Å². The molecule has 0 radical (unpaired) electrons. The average Bonchev–Trinajstić information content (AvgIpc) is 2.59. The number of nitrogen functional groups attached to an aromatic ring is 1. The Hall–Kier alpha value is -1.90. The minimum Gasteiger partial charge on any atom is -0.393 e. The lowest BCUT2D eigenvalue weighted by Crippen LogP contribution is -2.49. The first-order chi connectivity index (χ1) is 12.0. The third-order valence-corrected chi connectivity index (χ3v) is 4.37. The van der Waals surface area contributed by atoms with Gasteiger partial charge >= 0.3 is 0 Å². The lowest BCUT2D eigenvalue weighted by atomic mass is 10.2. The molecule has 1 aromatic rings. The number of rotatable bonds is 9. The predicted molar refractivity (Wildman–Crippen MR) is 97.9 cm³/mol. The van der Waals surface area contributed by atoms with E-state index in [2.05, 4.69) is 16.7 Å². The minimum atomic E-state index is -0.474. The Bertz CT molecular complexity index is 562. The van der Waals surface area contributed by atoms with E-state index >= 15 is 0 Å². The third-order valence-electron chi connectivity index (χ3n) is 4.37. The fourth-order valence-electron chi connectivity index (χ4n) is 2.91. The van der Waals surface area contributed by atoms with Crippen molar-refractivity contribution in [3.8, 4) is 0 Å². The molecule has 2 rings (SSSR count). The Morgan fingerprint density at radius 1 is 1.36 bits per heavy atom. The number of unbranched alkanes of at least 4 members (excludes halogenated alkanes) is 1. The molecule has 1 aromatic carbocycles. The van der Waals surface area contributed by atoms with Gasteiger partial charge in [0.05, 0.1) is 17.6 Å². The monoisotopic (exact) mass is 352 g/mol. The van der Waals surface area contributed by atoms with Crippen molar-refractivity contribution in [3.63, 3.8) is 0 Å². The summed E-state index contributed by atoms with van der Waals surface area (Å²) in [7, 11) is 0. The van der Waals surface area contributed by atoms with Crippen LogP contribution in [0.1, 0.15) is 19.8 Å². The zero-order valence-corrected chi connectivity index (χ0v) is 14.8. The fraction of sp³-hybridized carbons (Fsp3) is 0.647. The fourth-order valence-corrected chi connectivity index (χ4v) is 2.91. The number of aliphatic hydroxyl groups is 1. The summed E-state index contributed by atoms with van der Waals surface area (Å²) in [5, 5.41) is 20.9. The number of ether oxygens (including phenoxy) is 1. The van der Waals surface area contributed by atoms with Gasteiger partial charge < -0.3 is 20.5 Å². The standard InChI is InChI=1S/C17H28N4O4/c1-2-3-10-25-13-15(22)12-19-6-8-20(9-7-19)14-4-5-17(21(23)24)16(18)11-14/h4-5,11,15,22H,2-3,6-10,12-13,18H2,1H3/t15-/m1/s1. The summed E-state index contributed by atoms with van der Waals surface area (Å²) < 4.78 is 5.46. The summed E-state index contributed by atoms with van der Waals surface area (Å²) in [6.45, 7) is 7.01. The van der Waals surface area contributed by atoms with Crippen molar-refractivity contribution in [1.82, 2.24) is 4.90 Å². The smallest absolute Gasteiger partial charge is 0.292 e. The predicted octanol–water partition coefficient (Wildman–Crippen LogP) is 1.48. The van der Waals surface area contributed by atoms with Crippen LogP contribution < -0.4 is 10.6 Å². The van der Waals surface area contributed by atoms with E-state index in [9.17, 15) is 15.2 Å². The topological polar surface area (TPSA) is 105 Å². The molecule has 0 bridgehead atoms. The van der Waals surface area contributed by atoms with Crippen molar-refractivity contribution in [1.29, 1.82) is 0 Å². The van der Waals surface area contributed by atoms with E-state index in [-0.39, 0.29) is 11.4 Å². The molecular formula is C17H28N4O4. The highest BCUT2D eigenvalue weighted by Crippen LogP contribution is 2.27. The van der Waals surface area contributed by atoms with Gasteiger partial charge in [-0.15, -0.1) is 0 Å². The van der Waals surface area contributed by atoms with Crippen LogP contribution in [0.25, 0.3) is 0 Å². The highest BCUT2D eigenvalue weighted by Gasteiger charge is 2.21. The van der Waals surface area contributed by atoms with E-state index in [4.69, 9.17) is 10.5 Å². The Morgan fingerprint density at radius 3 is 2.68 bits per heavy atom. The van der Waals surface area contributed by atoms with E-state index in [0.29, 0.717) is 19.8 Å². The maximum absolute atomic E-state index is 10.8. The molecule has 0 saturated carbocycles. The molecule has 0 aromatic heterocycles. The van der Waals surface area contributed by atoms with Crippen molar-refractivity contribution < 1.29 is 14.8 Å². The first-order valence-electron chi connectivity index (χ1n) is 8.78. The van der Waals surface area contributed by atoms with Gasteiger partial charge in [0.1, 0.15) is 5.69 Å². The van der Waals surface area contributed by atoms with Gasteiger partial charge in [-0.2, -0.15) is 0 Å². The first kappa shape index (κ1) is 19.4. The van der Waals surface area contributed by atoms with E-state index < -0.39 is 11.0 Å². The van der Waals surface area contributed by atoms with Gasteiger partial charge in [-0.25, -0.2) is 0 Å². The maximum atomic E-state index is 10.8. The van der Waals surface area contributed by atoms with E-state index in [0.717, 1.165) is 44.7 Å². The quantitative estimate of drug-likeness (QED) is 0.300.